The van der Waals surface area contributed by atoms with Gasteiger partial charge >= 0.3 is 0 Å². The number of benzene rings is 1. The minimum atomic E-state index is -0.00259. The standard InChI is InChI=1S/C21H26N4O2/c26-19(15-11-21(12-15)6-8-22-9-7-21)24-10-5-16(13-24)25-14-23-18-4-2-1-3-17(18)20(25)27/h1-4,14-16,22H,5-13H2. The fourth-order valence-corrected chi connectivity index (χ4v) is 5.30. The molecule has 2 aliphatic heterocycles. The van der Waals surface area contributed by atoms with Gasteiger partial charge in [0.15, 0.2) is 0 Å². The van der Waals surface area contributed by atoms with Gasteiger partial charge in [-0.1, -0.05) is 12.1 Å². The lowest BCUT2D eigenvalue weighted by atomic mass is 9.57. The van der Waals surface area contributed by atoms with Crippen molar-refractivity contribution in [3.63, 3.8) is 0 Å². The lowest BCUT2D eigenvalue weighted by Crippen LogP contribution is -2.50. The van der Waals surface area contributed by atoms with Gasteiger partial charge in [0.25, 0.3) is 5.56 Å². The molecular formula is C21H26N4O2. The van der Waals surface area contributed by atoms with Crippen molar-refractivity contribution in [3.05, 3.63) is 40.9 Å². The van der Waals surface area contributed by atoms with Crippen molar-refractivity contribution in [2.24, 2.45) is 11.3 Å². The second-order valence-corrected chi connectivity index (χ2v) is 8.56. The van der Waals surface area contributed by atoms with Crippen LogP contribution in [0.1, 0.15) is 38.1 Å². The lowest BCUT2D eigenvalue weighted by molar-refractivity contribution is -0.143. The van der Waals surface area contributed by atoms with Crippen molar-refractivity contribution in [2.75, 3.05) is 26.2 Å². The summed E-state index contributed by atoms with van der Waals surface area (Å²) in [6.07, 6.45) is 6.98. The molecule has 1 aromatic heterocycles. The highest BCUT2D eigenvalue weighted by molar-refractivity contribution is 5.80. The molecule has 3 heterocycles. The molecule has 142 valence electrons. The molecular weight excluding hydrogens is 340 g/mol. The zero-order valence-corrected chi connectivity index (χ0v) is 15.6. The van der Waals surface area contributed by atoms with Crippen molar-refractivity contribution in [1.29, 1.82) is 0 Å². The molecule has 2 saturated heterocycles. The number of likely N-dealkylation sites (tertiary alicyclic amines) is 1. The molecule has 1 unspecified atom stereocenters. The Hall–Kier alpha value is -2.21. The van der Waals surface area contributed by atoms with Crippen LogP contribution in [0.3, 0.4) is 0 Å². The maximum absolute atomic E-state index is 12.9. The first-order chi connectivity index (χ1) is 13.2. The fraction of sp³-hybridized carbons (Fsp3) is 0.571. The SMILES string of the molecule is O=C(C1CC2(CCNCC2)C1)N1CCC(n2cnc3ccccc3c2=O)C1. The maximum Gasteiger partial charge on any atom is 0.261 e. The zero-order valence-electron chi connectivity index (χ0n) is 15.6. The molecule has 1 spiro atoms. The van der Waals surface area contributed by atoms with Gasteiger partial charge in [-0.15, -0.1) is 0 Å². The molecule has 1 aliphatic carbocycles. The Kier molecular flexibility index (Phi) is 4.04. The summed E-state index contributed by atoms with van der Waals surface area (Å²) in [5, 5.41) is 4.07. The van der Waals surface area contributed by atoms with E-state index >= 15 is 0 Å². The topological polar surface area (TPSA) is 67.2 Å². The largest absolute Gasteiger partial charge is 0.340 e. The number of piperidine rings is 1. The van der Waals surface area contributed by atoms with Crippen LogP contribution in [0.4, 0.5) is 0 Å². The number of nitrogens with one attached hydrogen (secondary N) is 1. The van der Waals surface area contributed by atoms with E-state index in [1.165, 1.54) is 12.8 Å². The van der Waals surface area contributed by atoms with E-state index in [9.17, 15) is 9.59 Å². The third-order valence-corrected chi connectivity index (χ3v) is 6.93. The maximum atomic E-state index is 12.9. The molecule has 0 radical (unpaired) electrons. The van der Waals surface area contributed by atoms with Gasteiger partial charge in [-0.05, 0) is 62.7 Å². The predicted molar refractivity (Wildman–Crippen MR) is 103 cm³/mol. The number of aromatic nitrogens is 2. The van der Waals surface area contributed by atoms with Crippen LogP contribution in [-0.4, -0.2) is 46.5 Å². The minimum Gasteiger partial charge on any atom is -0.340 e. The fourth-order valence-electron chi connectivity index (χ4n) is 5.30. The first kappa shape index (κ1) is 16.9. The smallest absolute Gasteiger partial charge is 0.261 e. The van der Waals surface area contributed by atoms with E-state index in [-0.39, 0.29) is 17.5 Å². The van der Waals surface area contributed by atoms with Gasteiger partial charge in [-0.25, -0.2) is 4.98 Å². The third-order valence-electron chi connectivity index (χ3n) is 6.93. The number of para-hydroxylation sites is 1. The number of rotatable bonds is 2. The van der Waals surface area contributed by atoms with Gasteiger partial charge in [0, 0.05) is 19.0 Å². The Morgan fingerprint density at radius 2 is 1.96 bits per heavy atom. The van der Waals surface area contributed by atoms with Crippen LogP contribution in [0.5, 0.6) is 0 Å². The summed E-state index contributed by atoms with van der Waals surface area (Å²) in [5.74, 6) is 0.483. The molecule has 3 aliphatic rings. The molecule has 1 atom stereocenters. The van der Waals surface area contributed by atoms with Gasteiger partial charge in [-0.2, -0.15) is 0 Å². The minimum absolute atomic E-state index is 0.00259. The van der Waals surface area contributed by atoms with Crippen molar-refractivity contribution < 1.29 is 4.79 Å². The van der Waals surface area contributed by atoms with Crippen LogP contribution in [0, 0.1) is 11.3 Å². The van der Waals surface area contributed by atoms with Crippen LogP contribution < -0.4 is 10.9 Å². The number of carbonyl (C=O) groups is 1. The van der Waals surface area contributed by atoms with E-state index in [1.807, 2.05) is 29.2 Å². The molecule has 0 bridgehead atoms. The molecule has 1 saturated carbocycles. The molecule has 6 heteroatoms. The molecule has 5 rings (SSSR count). The summed E-state index contributed by atoms with van der Waals surface area (Å²) in [6.45, 7) is 3.55. The molecule has 1 N–H and O–H groups in total. The molecule has 1 aromatic carbocycles. The highest BCUT2D eigenvalue weighted by atomic mass is 16.2. The average Bonchev–Trinajstić information content (AvgIpc) is 3.16. The Morgan fingerprint density at radius 3 is 2.78 bits per heavy atom. The first-order valence-electron chi connectivity index (χ1n) is 10.1. The normalized spacial score (nSPS) is 25.0. The lowest BCUT2D eigenvalue weighted by Gasteiger charge is -2.50. The van der Waals surface area contributed by atoms with Crippen molar-refractivity contribution >= 4 is 16.8 Å². The number of carbonyl (C=O) groups excluding carboxylic acids is 1. The summed E-state index contributed by atoms with van der Waals surface area (Å²) in [4.78, 5) is 32.2. The number of hydrogen-bond acceptors (Lipinski definition) is 4. The Labute approximate surface area is 158 Å². The van der Waals surface area contributed by atoms with Crippen LogP contribution in [-0.2, 0) is 4.79 Å². The predicted octanol–water partition coefficient (Wildman–Crippen LogP) is 1.95. The monoisotopic (exact) mass is 366 g/mol. The van der Waals surface area contributed by atoms with E-state index in [1.54, 1.807) is 10.9 Å². The number of fused-ring (bicyclic) bond motifs is 1. The highest BCUT2D eigenvalue weighted by Crippen LogP contribution is 2.52. The van der Waals surface area contributed by atoms with E-state index in [4.69, 9.17) is 0 Å². The van der Waals surface area contributed by atoms with Crippen LogP contribution in [0.2, 0.25) is 0 Å². The summed E-state index contributed by atoms with van der Waals surface area (Å²) >= 11 is 0. The molecule has 2 aromatic rings. The van der Waals surface area contributed by atoms with E-state index in [2.05, 4.69) is 10.3 Å². The van der Waals surface area contributed by atoms with E-state index < -0.39 is 0 Å². The summed E-state index contributed by atoms with van der Waals surface area (Å²) in [5.41, 5.74) is 1.15. The van der Waals surface area contributed by atoms with Crippen molar-refractivity contribution in [2.45, 2.75) is 38.1 Å². The summed E-state index contributed by atoms with van der Waals surface area (Å²) in [6, 6.07) is 7.48. The van der Waals surface area contributed by atoms with Gasteiger partial charge in [0.2, 0.25) is 5.91 Å². The van der Waals surface area contributed by atoms with Crippen LogP contribution in [0.25, 0.3) is 10.9 Å². The van der Waals surface area contributed by atoms with Crippen LogP contribution >= 0.6 is 0 Å². The van der Waals surface area contributed by atoms with Crippen LogP contribution in [0.15, 0.2) is 35.4 Å². The highest BCUT2D eigenvalue weighted by Gasteiger charge is 2.49. The Balaban J connectivity index is 1.27. The van der Waals surface area contributed by atoms with Crippen molar-refractivity contribution in [3.8, 4) is 0 Å². The average molecular weight is 366 g/mol. The van der Waals surface area contributed by atoms with E-state index in [0.717, 1.165) is 44.4 Å². The second kappa shape index (κ2) is 6.44. The molecule has 3 fully saturated rings. The zero-order chi connectivity index (χ0) is 18.4. The first-order valence-corrected chi connectivity index (χ1v) is 10.1. The second-order valence-electron chi connectivity index (χ2n) is 8.56. The Morgan fingerprint density at radius 1 is 1.19 bits per heavy atom. The molecule has 6 nitrogen and oxygen atoms in total. The third kappa shape index (κ3) is 2.87. The van der Waals surface area contributed by atoms with Gasteiger partial charge in [0.1, 0.15) is 0 Å². The van der Waals surface area contributed by atoms with Gasteiger partial charge < -0.3 is 10.2 Å². The number of nitrogens with zero attached hydrogens (tertiary/aromatic N) is 3. The van der Waals surface area contributed by atoms with Gasteiger partial charge in [0.05, 0.1) is 23.3 Å². The number of hydrogen-bond donors (Lipinski definition) is 1. The summed E-state index contributed by atoms with van der Waals surface area (Å²) in [7, 11) is 0. The summed E-state index contributed by atoms with van der Waals surface area (Å²) < 4.78 is 1.73. The molecule has 27 heavy (non-hydrogen) atoms. The van der Waals surface area contributed by atoms with E-state index in [0.29, 0.717) is 23.3 Å². The number of amides is 1. The molecule has 1 amide bonds. The van der Waals surface area contributed by atoms with Crippen molar-refractivity contribution in [1.82, 2.24) is 19.8 Å². The van der Waals surface area contributed by atoms with Gasteiger partial charge in [-0.3, -0.25) is 14.2 Å². The Bertz CT molecular complexity index is 923. The quantitative estimate of drug-likeness (QED) is 0.882.